The van der Waals surface area contributed by atoms with E-state index in [1.165, 1.54) is 18.7 Å². The van der Waals surface area contributed by atoms with Gasteiger partial charge in [0.2, 0.25) is 0 Å². The van der Waals surface area contributed by atoms with Crippen LogP contribution in [0.4, 0.5) is 0 Å². The van der Waals surface area contributed by atoms with Crippen LogP contribution in [0, 0.1) is 13.8 Å². The van der Waals surface area contributed by atoms with Crippen molar-refractivity contribution in [3.63, 3.8) is 0 Å². The number of ether oxygens (including phenoxy) is 1. The molecule has 1 N–H and O–H groups in total. The highest BCUT2D eigenvalue weighted by atomic mass is 16.5. The summed E-state index contributed by atoms with van der Waals surface area (Å²) < 4.78 is 5.25. The minimum Gasteiger partial charge on any atom is -0.507 e. The lowest BCUT2D eigenvalue weighted by atomic mass is 10.0. The van der Waals surface area contributed by atoms with Crippen molar-refractivity contribution in [2.45, 2.75) is 13.8 Å². The van der Waals surface area contributed by atoms with E-state index in [0.717, 1.165) is 22.3 Å². The van der Waals surface area contributed by atoms with Gasteiger partial charge >= 0.3 is 5.97 Å². The monoisotopic (exact) mass is 346 g/mol. The average molecular weight is 346 g/mol. The number of carbonyl (C=O) groups excluding carboxylic acids is 1. The highest BCUT2D eigenvalue weighted by molar-refractivity contribution is 5.92. The Hall–Kier alpha value is -3.47. The van der Waals surface area contributed by atoms with Crippen LogP contribution in [0.25, 0.3) is 12.2 Å². The minimum atomic E-state index is -0.466. The summed E-state index contributed by atoms with van der Waals surface area (Å²) in [5, 5.41) is 9.85. The second kappa shape index (κ2) is 7.61. The molecule has 0 aliphatic heterocycles. The molecule has 0 bridgehead atoms. The van der Waals surface area contributed by atoms with E-state index < -0.39 is 5.97 Å². The van der Waals surface area contributed by atoms with Gasteiger partial charge < -0.3 is 9.84 Å². The number of aromatic nitrogens is 2. The largest absolute Gasteiger partial charge is 0.507 e. The Kier molecular flexibility index (Phi) is 5.08. The van der Waals surface area contributed by atoms with E-state index in [1.54, 1.807) is 18.2 Å². The maximum absolute atomic E-state index is 12.2. The number of carbonyl (C=O) groups is 1. The fourth-order valence-corrected chi connectivity index (χ4v) is 2.55. The van der Waals surface area contributed by atoms with Gasteiger partial charge in [-0.3, -0.25) is 0 Å². The van der Waals surface area contributed by atoms with Gasteiger partial charge in [0.1, 0.15) is 12.1 Å². The van der Waals surface area contributed by atoms with Crippen molar-refractivity contribution in [3.05, 3.63) is 82.9 Å². The van der Waals surface area contributed by atoms with Crippen LogP contribution in [0.3, 0.4) is 0 Å². The van der Waals surface area contributed by atoms with E-state index >= 15 is 0 Å². The summed E-state index contributed by atoms with van der Waals surface area (Å²) in [6, 6.07) is 11.0. The van der Waals surface area contributed by atoms with Gasteiger partial charge in [-0.05, 0) is 60.4 Å². The maximum atomic E-state index is 12.2. The smallest absolute Gasteiger partial charge is 0.343 e. The lowest BCUT2D eigenvalue weighted by molar-refractivity contribution is 0.0733. The van der Waals surface area contributed by atoms with Gasteiger partial charge in [-0.15, -0.1) is 0 Å². The molecule has 0 radical (unpaired) electrons. The van der Waals surface area contributed by atoms with Gasteiger partial charge in [0.25, 0.3) is 0 Å². The molecule has 3 aromatic rings. The van der Waals surface area contributed by atoms with Crippen molar-refractivity contribution >= 4 is 18.1 Å². The Morgan fingerprint density at radius 3 is 2.35 bits per heavy atom. The van der Waals surface area contributed by atoms with Crippen molar-refractivity contribution in [1.82, 2.24) is 9.97 Å². The SMILES string of the molecule is Cc1cc(/C=C/c2cccc(C(=O)Oc3cncnc3)c2)cc(C)c1O. The van der Waals surface area contributed by atoms with E-state index in [9.17, 15) is 9.90 Å². The van der Waals surface area contributed by atoms with Gasteiger partial charge in [0.05, 0.1) is 18.0 Å². The van der Waals surface area contributed by atoms with E-state index in [2.05, 4.69) is 9.97 Å². The molecule has 5 nitrogen and oxygen atoms in total. The van der Waals surface area contributed by atoms with Crippen LogP contribution < -0.4 is 4.74 Å². The zero-order valence-electron chi connectivity index (χ0n) is 14.5. The molecule has 0 aliphatic rings. The molecule has 0 fully saturated rings. The summed E-state index contributed by atoms with van der Waals surface area (Å²) in [6.45, 7) is 3.73. The van der Waals surface area contributed by atoms with Gasteiger partial charge in [-0.1, -0.05) is 24.3 Å². The third-order valence-electron chi connectivity index (χ3n) is 3.85. The van der Waals surface area contributed by atoms with Crippen molar-refractivity contribution < 1.29 is 14.6 Å². The number of phenols is 1. The summed E-state index contributed by atoms with van der Waals surface area (Å²) in [6.07, 6.45) is 8.09. The molecule has 5 heteroatoms. The molecule has 0 amide bonds. The van der Waals surface area contributed by atoms with Crippen molar-refractivity contribution in [2.24, 2.45) is 0 Å². The molecule has 2 aromatic carbocycles. The van der Waals surface area contributed by atoms with E-state index in [-0.39, 0.29) is 0 Å². The van der Waals surface area contributed by atoms with E-state index in [0.29, 0.717) is 17.1 Å². The molecule has 26 heavy (non-hydrogen) atoms. The summed E-state index contributed by atoms with van der Waals surface area (Å²) in [5.74, 6) is 0.150. The Morgan fingerprint density at radius 2 is 1.65 bits per heavy atom. The molecule has 0 saturated carbocycles. The second-order valence-corrected chi connectivity index (χ2v) is 5.93. The number of benzene rings is 2. The molecule has 130 valence electrons. The summed E-state index contributed by atoms with van der Waals surface area (Å²) in [4.78, 5) is 19.9. The third-order valence-corrected chi connectivity index (χ3v) is 3.85. The molecule has 0 aliphatic carbocycles. The zero-order chi connectivity index (χ0) is 18.5. The van der Waals surface area contributed by atoms with Crippen LogP contribution in [0.1, 0.15) is 32.6 Å². The number of aryl methyl sites for hydroxylation is 2. The lowest BCUT2D eigenvalue weighted by Gasteiger charge is -2.05. The van der Waals surface area contributed by atoms with Crippen LogP contribution in [0.5, 0.6) is 11.5 Å². The van der Waals surface area contributed by atoms with Gasteiger partial charge in [-0.2, -0.15) is 0 Å². The number of nitrogens with zero attached hydrogens (tertiary/aromatic N) is 2. The topological polar surface area (TPSA) is 72.3 Å². The first kappa shape index (κ1) is 17.4. The van der Waals surface area contributed by atoms with E-state index in [4.69, 9.17) is 4.74 Å². The van der Waals surface area contributed by atoms with Gasteiger partial charge in [0.15, 0.2) is 5.75 Å². The van der Waals surface area contributed by atoms with Crippen molar-refractivity contribution in [2.75, 3.05) is 0 Å². The minimum absolute atomic E-state index is 0.300. The zero-order valence-corrected chi connectivity index (χ0v) is 14.5. The predicted molar refractivity (Wildman–Crippen MR) is 99.9 cm³/mol. The molecule has 1 heterocycles. The number of rotatable bonds is 4. The summed E-state index contributed by atoms with van der Waals surface area (Å²) in [5.41, 5.74) is 3.94. The lowest BCUT2D eigenvalue weighted by Crippen LogP contribution is -2.08. The Balaban J connectivity index is 1.78. The Morgan fingerprint density at radius 1 is 1.00 bits per heavy atom. The number of phenolic OH excluding ortho intramolecular Hbond substituents is 1. The highest BCUT2D eigenvalue weighted by Gasteiger charge is 2.09. The first-order chi connectivity index (χ1) is 12.5. The predicted octanol–water partition coefficient (Wildman–Crippen LogP) is 4.19. The van der Waals surface area contributed by atoms with Crippen LogP contribution in [-0.4, -0.2) is 21.0 Å². The van der Waals surface area contributed by atoms with Crippen LogP contribution in [0.2, 0.25) is 0 Å². The number of hydrogen-bond donors (Lipinski definition) is 1. The summed E-state index contributed by atoms with van der Waals surface area (Å²) >= 11 is 0. The first-order valence-electron chi connectivity index (χ1n) is 8.08. The molecule has 0 saturated heterocycles. The molecule has 3 rings (SSSR count). The van der Waals surface area contributed by atoms with Crippen molar-refractivity contribution in [1.29, 1.82) is 0 Å². The van der Waals surface area contributed by atoms with Crippen molar-refractivity contribution in [3.8, 4) is 11.5 Å². The molecule has 0 unspecified atom stereocenters. The van der Waals surface area contributed by atoms with Gasteiger partial charge in [-0.25, -0.2) is 14.8 Å². The fourth-order valence-electron chi connectivity index (χ4n) is 2.55. The standard InChI is InChI=1S/C21H18N2O3/c1-14-8-17(9-15(2)20(14)24)7-6-16-4-3-5-18(10-16)21(25)26-19-11-22-13-23-12-19/h3-13,24H,1-2H3/b7-6+. The Bertz CT molecular complexity index is 943. The molecule has 0 spiro atoms. The second-order valence-electron chi connectivity index (χ2n) is 5.93. The number of aromatic hydroxyl groups is 1. The molecular formula is C21H18N2O3. The summed E-state index contributed by atoms with van der Waals surface area (Å²) in [7, 11) is 0. The quantitative estimate of drug-likeness (QED) is 0.566. The van der Waals surface area contributed by atoms with Crippen LogP contribution >= 0.6 is 0 Å². The molecular weight excluding hydrogens is 328 g/mol. The molecule has 1 aromatic heterocycles. The van der Waals surface area contributed by atoms with Gasteiger partial charge in [0, 0.05) is 0 Å². The average Bonchev–Trinajstić information content (AvgIpc) is 2.65. The first-order valence-corrected chi connectivity index (χ1v) is 8.08. The molecule has 0 atom stereocenters. The number of esters is 1. The Labute approximate surface area is 151 Å². The highest BCUT2D eigenvalue weighted by Crippen LogP contribution is 2.24. The fraction of sp³-hybridized carbons (Fsp3) is 0.0952. The maximum Gasteiger partial charge on any atom is 0.343 e. The third kappa shape index (κ3) is 4.13. The van der Waals surface area contributed by atoms with E-state index in [1.807, 2.05) is 44.2 Å². The normalized spacial score (nSPS) is 10.8. The van der Waals surface area contributed by atoms with Crippen LogP contribution in [0.15, 0.2) is 55.1 Å². The number of hydrogen-bond acceptors (Lipinski definition) is 5. The van der Waals surface area contributed by atoms with Crippen LogP contribution in [-0.2, 0) is 0 Å².